The molecule has 0 aliphatic rings. The average molecular weight is 437 g/mol. The maximum atomic E-state index is 12.6. The standard InChI is InChI=1S/C24H24N2O2S2/c1-2-28-16-15-26-21-13-12-18-8-6-7-11-20(18)23(21)30-24(26)25-22(27)14-17-29-19-9-4-3-5-10-19/h3-13H,2,14-17H2,1H3. The normalized spacial score (nSPS) is 12.1. The summed E-state index contributed by atoms with van der Waals surface area (Å²) in [7, 11) is 0. The molecule has 0 radical (unpaired) electrons. The second-order valence-electron chi connectivity index (χ2n) is 6.79. The highest BCUT2D eigenvalue weighted by molar-refractivity contribution is 7.99. The first-order chi connectivity index (χ1) is 14.8. The second-order valence-corrected chi connectivity index (χ2v) is 8.93. The Bertz CT molecular complexity index is 1210. The van der Waals surface area contributed by atoms with Crippen molar-refractivity contribution < 1.29 is 9.53 Å². The number of carbonyl (C=O) groups is 1. The summed E-state index contributed by atoms with van der Waals surface area (Å²) < 4.78 is 8.85. The number of nitrogens with zero attached hydrogens (tertiary/aromatic N) is 2. The molecule has 6 heteroatoms. The molecule has 0 saturated carbocycles. The second kappa shape index (κ2) is 10.1. The van der Waals surface area contributed by atoms with Gasteiger partial charge < -0.3 is 9.30 Å². The Balaban J connectivity index is 1.62. The molecule has 4 rings (SSSR count). The maximum Gasteiger partial charge on any atom is 0.249 e. The van der Waals surface area contributed by atoms with Crippen LogP contribution < -0.4 is 4.80 Å². The van der Waals surface area contributed by atoms with E-state index in [1.807, 2.05) is 31.2 Å². The summed E-state index contributed by atoms with van der Waals surface area (Å²) in [5, 5.41) is 2.39. The molecule has 0 atom stereocenters. The Morgan fingerprint density at radius 2 is 1.87 bits per heavy atom. The Morgan fingerprint density at radius 3 is 2.70 bits per heavy atom. The van der Waals surface area contributed by atoms with Crippen LogP contribution in [0.1, 0.15) is 13.3 Å². The van der Waals surface area contributed by atoms with Gasteiger partial charge >= 0.3 is 0 Å². The van der Waals surface area contributed by atoms with E-state index in [2.05, 4.69) is 52.0 Å². The van der Waals surface area contributed by atoms with Gasteiger partial charge in [-0.15, -0.1) is 11.8 Å². The van der Waals surface area contributed by atoms with E-state index in [1.54, 1.807) is 23.1 Å². The fraction of sp³-hybridized carbons (Fsp3) is 0.250. The van der Waals surface area contributed by atoms with Crippen LogP contribution in [0, 0.1) is 0 Å². The summed E-state index contributed by atoms with van der Waals surface area (Å²) in [6.45, 7) is 3.94. The van der Waals surface area contributed by atoms with E-state index in [1.165, 1.54) is 15.7 Å². The highest BCUT2D eigenvalue weighted by Gasteiger charge is 2.11. The topological polar surface area (TPSA) is 43.6 Å². The molecule has 1 heterocycles. The molecule has 0 aliphatic heterocycles. The quantitative estimate of drug-likeness (QED) is 0.270. The molecule has 1 amide bonds. The lowest BCUT2D eigenvalue weighted by molar-refractivity contribution is -0.117. The van der Waals surface area contributed by atoms with Crippen molar-refractivity contribution in [2.75, 3.05) is 19.0 Å². The van der Waals surface area contributed by atoms with Gasteiger partial charge in [0.15, 0.2) is 4.80 Å². The summed E-state index contributed by atoms with van der Waals surface area (Å²) in [6, 6.07) is 22.7. The van der Waals surface area contributed by atoms with Crippen LogP contribution in [0.3, 0.4) is 0 Å². The molecule has 0 bridgehead atoms. The Hall–Kier alpha value is -2.41. The van der Waals surface area contributed by atoms with Gasteiger partial charge in [0.1, 0.15) is 0 Å². The average Bonchev–Trinajstić information content (AvgIpc) is 3.12. The summed E-state index contributed by atoms with van der Waals surface area (Å²) >= 11 is 3.27. The number of carbonyl (C=O) groups excluding carboxylic acids is 1. The number of hydrogen-bond donors (Lipinski definition) is 0. The van der Waals surface area contributed by atoms with Crippen LogP contribution in [0.15, 0.2) is 76.6 Å². The van der Waals surface area contributed by atoms with E-state index in [0.29, 0.717) is 26.2 Å². The van der Waals surface area contributed by atoms with E-state index < -0.39 is 0 Å². The van der Waals surface area contributed by atoms with Crippen molar-refractivity contribution in [3.8, 4) is 0 Å². The number of thioether (sulfide) groups is 1. The van der Waals surface area contributed by atoms with Gasteiger partial charge in [-0.3, -0.25) is 4.79 Å². The molecule has 0 fully saturated rings. The van der Waals surface area contributed by atoms with Crippen molar-refractivity contribution in [2.24, 2.45) is 4.99 Å². The number of ether oxygens (including phenoxy) is 1. The zero-order chi connectivity index (χ0) is 20.8. The number of thiazole rings is 1. The van der Waals surface area contributed by atoms with E-state index in [4.69, 9.17) is 4.74 Å². The van der Waals surface area contributed by atoms with Crippen molar-refractivity contribution in [3.05, 3.63) is 71.5 Å². The number of hydrogen-bond acceptors (Lipinski definition) is 4. The van der Waals surface area contributed by atoms with Gasteiger partial charge in [-0.2, -0.15) is 4.99 Å². The molecule has 154 valence electrons. The molecule has 3 aromatic carbocycles. The highest BCUT2D eigenvalue weighted by atomic mass is 32.2. The number of fused-ring (bicyclic) bond motifs is 3. The molecular weight excluding hydrogens is 412 g/mol. The third kappa shape index (κ3) is 4.83. The minimum absolute atomic E-state index is 0.0838. The minimum Gasteiger partial charge on any atom is -0.380 e. The molecule has 0 spiro atoms. The third-order valence-corrected chi connectivity index (χ3v) is 6.93. The predicted octanol–water partition coefficient (Wildman–Crippen LogP) is 5.50. The SMILES string of the molecule is CCOCCn1c(=NC(=O)CCSc2ccccc2)sc2c3ccccc3ccc21. The minimum atomic E-state index is -0.0838. The first-order valence-electron chi connectivity index (χ1n) is 10.1. The van der Waals surface area contributed by atoms with Crippen molar-refractivity contribution in [3.63, 3.8) is 0 Å². The van der Waals surface area contributed by atoms with E-state index in [-0.39, 0.29) is 5.91 Å². The summed E-state index contributed by atoms with van der Waals surface area (Å²) in [4.78, 5) is 19.0. The zero-order valence-corrected chi connectivity index (χ0v) is 18.5. The van der Waals surface area contributed by atoms with Crippen LogP contribution in [0.5, 0.6) is 0 Å². The summed E-state index contributed by atoms with van der Waals surface area (Å²) in [6.07, 6.45) is 0.417. The smallest absolute Gasteiger partial charge is 0.249 e. The van der Waals surface area contributed by atoms with Crippen molar-refractivity contribution >= 4 is 50.0 Å². The molecule has 1 aromatic heterocycles. The van der Waals surface area contributed by atoms with Gasteiger partial charge in [0, 0.05) is 35.6 Å². The van der Waals surface area contributed by atoms with Gasteiger partial charge in [0.05, 0.1) is 16.8 Å². The lowest BCUT2D eigenvalue weighted by Crippen LogP contribution is -2.19. The van der Waals surface area contributed by atoms with Gasteiger partial charge in [-0.1, -0.05) is 59.9 Å². The van der Waals surface area contributed by atoms with Gasteiger partial charge in [-0.25, -0.2) is 0 Å². The Kier molecular flexibility index (Phi) is 7.00. The maximum absolute atomic E-state index is 12.6. The molecule has 4 aromatic rings. The van der Waals surface area contributed by atoms with Crippen LogP contribution in [0.25, 0.3) is 21.0 Å². The van der Waals surface area contributed by atoms with Crippen LogP contribution in [0.2, 0.25) is 0 Å². The van der Waals surface area contributed by atoms with Crippen molar-refractivity contribution in [1.82, 2.24) is 4.57 Å². The zero-order valence-electron chi connectivity index (χ0n) is 16.9. The Labute approximate surface area is 184 Å². The van der Waals surface area contributed by atoms with Crippen LogP contribution >= 0.6 is 23.1 Å². The molecule has 30 heavy (non-hydrogen) atoms. The monoisotopic (exact) mass is 436 g/mol. The van der Waals surface area contributed by atoms with Crippen LogP contribution in [0.4, 0.5) is 0 Å². The Morgan fingerprint density at radius 1 is 1.07 bits per heavy atom. The summed E-state index contributed by atoms with van der Waals surface area (Å²) in [5.74, 6) is 0.638. The number of benzene rings is 3. The van der Waals surface area contributed by atoms with E-state index in [0.717, 1.165) is 20.8 Å². The first-order valence-corrected chi connectivity index (χ1v) is 11.9. The molecule has 0 aliphatic carbocycles. The third-order valence-electron chi connectivity index (χ3n) is 4.79. The largest absolute Gasteiger partial charge is 0.380 e. The number of aromatic nitrogens is 1. The molecule has 0 N–H and O–H groups in total. The van der Waals surface area contributed by atoms with Crippen LogP contribution in [-0.2, 0) is 16.1 Å². The van der Waals surface area contributed by atoms with Gasteiger partial charge in [0.2, 0.25) is 5.91 Å². The number of amides is 1. The van der Waals surface area contributed by atoms with Gasteiger partial charge in [-0.05, 0) is 30.5 Å². The van der Waals surface area contributed by atoms with E-state index in [9.17, 15) is 4.79 Å². The lowest BCUT2D eigenvalue weighted by Gasteiger charge is -2.06. The fourth-order valence-corrected chi connectivity index (χ4v) is 5.41. The molecule has 4 nitrogen and oxygen atoms in total. The molecule has 0 unspecified atom stereocenters. The molecule has 0 saturated heterocycles. The van der Waals surface area contributed by atoms with Crippen molar-refractivity contribution in [2.45, 2.75) is 24.8 Å². The van der Waals surface area contributed by atoms with Crippen LogP contribution in [-0.4, -0.2) is 29.4 Å². The molecular formula is C24H24N2O2S2. The van der Waals surface area contributed by atoms with Gasteiger partial charge in [0.25, 0.3) is 0 Å². The van der Waals surface area contributed by atoms with E-state index >= 15 is 0 Å². The summed E-state index contributed by atoms with van der Waals surface area (Å²) in [5.41, 5.74) is 1.10. The fourth-order valence-electron chi connectivity index (χ4n) is 3.34. The first kappa shape index (κ1) is 20.8. The highest BCUT2D eigenvalue weighted by Crippen LogP contribution is 2.27. The predicted molar refractivity (Wildman–Crippen MR) is 126 cm³/mol. The lowest BCUT2D eigenvalue weighted by atomic mass is 10.1. The number of rotatable bonds is 8. The van der Waals surface area contributed by atoms with Crippen molar-refractivity contribution in [1.29, 1.82) is 0 Å².